The summed E-state index contributed by atoms with van der Waals surface area (Å²) in [6, 6.07) is 14.5. The fourth-order valence-corrected chi connectivity index (χ4v) is 5.42. The van der Waals surface area contributed by atoms with Crippen LogP contribution in [0.15, 0.2) is 42.5 Å². The molecule has 22 heavy (non-hydrogen) atoms. The SMILES string of the molecule is COc1ccc2c(c1)C(=O)C1(C)c3ccccc3C3C2C31C. The van der Waals surface area contributed by atoms with E-state index in [4.69, 9.17) is 4.74 Å². The van der Waals surface area contributed by atoms with Gasteiger partial charge in [0.2, 0.25) is 0 Å². The molecule has 0 heterocycles. The Morgan fingerprint density at radius 1 is 1.00 bits per heavy atom. The first-order chi connectivity index (χ1) is 10.5. The van der Waals surface area contributed by atoms with Crippen molar-refractivity contribution in [1.29, 1.82) is 0 Å². The van der Waals surface area contributed by atoms with Crippen molar-refractivity contribution in [2.75, 3.05) is 7.11 Å². The predicted molar refractivity (Wildman–Crippen MR) is 84.7 cm³/mol. The van der Waals surface area contributed by atoms with Gasteiger partial charge in [0.15, 0.2) is 5.78 Å². The molecule has 4 atom stereocenters. The van der Waals surface area contributed by atoms with Crippen LogP contribution in [0.2, 0.25) is 0 Å². The molecule has 2 aromatic carbocycles. The van der Waals surface area contributed by atoms with Gasteiger partial charge in [0.25, 0.3) is 0 Å². The van der Waals surface area contributed by atoms with Gasteiger partial charge in [0.05, 0.1) is 12.5 Å². The Bertz CT molecular complexity index is 853. The second-order valence-electron chi connectivity index (χ2n) is 7.23. The summed E-state index contributed by atoms with van der Waals surface area (Å²) in [6.45, 7) is 4.45. The molecule has 3 aliphatic rings. The second kappa shape index (κ2) is 3.45. The van der Waals surface area contributed by atoms with Crippen LogP contribution in [0.25, 0.3) is 0 Å². The fourth-order valence-electron chi connectivity index (χ4n) is 5.42. The van der Waals surface area contributed by atoms with Crippen molar-refractivity contribution in [1.82, 2.24) is 0 Å². The first-order valence-corrected chi connectivity index (χ1v) is 7.87. The second-order valence-corrected chi connectivity index (χ2v) is 7.23. The molecular formula is C20H18O2. The van der Waals surface area contributed by atoms with Crippen LogP contribution in [0, 0.1) is 5.41 Å². The van der Waals surface area contributed by atoms with Crippen molar-refractivity contribution in [2.45, 2.75) is 31.1 Å². The van der Waals surface area contributed by atoms with Crippen LogP contribution in [-0.4, -0.2) is 12.9 Å². The monoisotopic (exact) mass is 290 g/mol. The third kappa shape index (κ3) is 1.02. The highest BCUT2D eigenvalue weighted by atomic mass is 16.5. The lowest BCUT2D eigenvalue weighted by Gasteiger charge is -2.39. The standard InChI is InChI=1S/C20H18O2/c1-19-15-7-5-4-6-13(15)17-16(20(17,19)2)12-9-8-11(22-3)10-14(12)18(19)21/h4-10,16-17H,1-3H3. The van der Waals surface area contributed by atoms with Crippen LogP contribution in [0.3, 0.4) is 0 Å². The molecule has 0 spiro atoms. The largest absolute Gasteiger partial charge is 0.497 e. The normalized spacial score (nSPS) is 36.4. The fraction of sp³-hybridized carbons (Fsp3) is 0.350. The van der Waals surface area contributed by atoms with Crippen LogP contribution < -0.4 is 4.74 Å². The molecule has 2 heteroatoms. The molecule has 0 aromatic heterocycles. The molecule has 0 saturated heterocycles. The van der Waals surface area contributed by atoms with E-state index in [1.807, 2.05) is 12.1 Å². The van der Waals surface area contributed by atoms with Gasteiger partial charge in [0, 0.05) is 5.56 Å². The number of benzene rings is 2. The Morgan fingerprint density at radius 2 is 1.73 bits per heavy atom. The number of Topliss-reactive ketones (excluding diaryl/α,β-unsaturated/α-hetero) is 1. The first-order valence-electron chi connectivity index (χ1n) is 7.87. The molecule has 0 aliphatic heterocycles. The van der Waals surface area contributed by atoms with Gasteiger partial charge < -0.3 is 4.74 Å². The quantitative estimate of drug-likeness (QED) is 0.792. The minimum Gasteiger partial charge on any atom is -0.497 e. The summed E-state index contributed by atoms with van der Waals surface area (Å²) in [5.41, 5.74) is 4.32. The van der Waals surface area contributed by atoms with Gasteiger partial charge in [-0.25, -0.2) is 0 Å². The zero-order valence-corrected chi connectivity index (χ0v) is 13.0. The van der Waals surface area contributed by atoms with Gasteiger partial charge in [-0.1, -0.05) is 37.3 Å². The smallest absolute Gasteiger partial charge is 0.174 e. The maximum Gasteiger partial charge on any atom is 0.174 e. The zero-order chi connectivity index (χ0) is 15.3. The van der Waals surface area contributed by atoms with Crippen LogP contribution in [0.1, 0.15) is 52.7 Å². The number of rotatable bonds is 1. The third-order valence-corrected chi connectivity index (χ3v) is 6.72. The van der Waals surface area contributed by atoms with Crippen LogP contribution in [0.5, 0.6) is 5.75 Å². The van der Waals surface area contributed by atoms with Gasteiger partial charge in [-0.05, 0) is 53.0 Å². The summed E-state index contributed by atoms with van der Waals surface area (Å²) in [5, 5.41) is 0. The number of carbonyl (C=O) groups is 1. The Kier molecular flexibility index (Phi) is 1.95. The summed E-state index contributed by atoms with van der Waals surface area (Å²) >= 11 is 0. The minimum absolute atomic E-state index is 0.0371. The van der Waals surface area contributed by atoms with Crippen LogP contribution in [0.4, 0.5) is 0 Å². The van der Waals surface area contributed by atoms with Gasteiger partial charge in [-0.3, -0.25) is 4.79 Å². The Labute approximate surface area is 130 Å². The maximum absolute atomic E-state index is 13.4. The van der Waals surface area contributed by atoms with Crippen molar-refractivity contribution >= 4 is 5.78 Å². The summed E-state index contributed by atoms with van der Waals surface area (Å²) in [4.78, 5) is 13.4. The van der Waals surface area contributed by atoms with E-state index in [0.29, 0.717) is 11.8 Å². The lowest BCUT2D eigenvalue weighted by Crippen LogP contribution is -2.43. The molecule has 1 saturated carbocycles. The number of hydrogen-bond acceptors (Lipinski definition) is 2. The topological polar surface area (TPSA) is 26.3 Å². The van der Waals surface area contributed by atoms with Crippen molar-refractivity contribution in [3.63, 3.8) is 0 Å². The molecular weight excluding hydrogens is 272 g/mol. The van der Waals surface area contributed by atoms with E-state index in [-0.39, 0.29) is 11.2 Å². The summed E-state index contributed by atoms with van der Waals surface area (Å²) in [6.07, 6.45) is 0. The molecule has 2 aromatic rings. The summed E-state index contributed by atoms with van der Waals surface area (Å²) in [5.74, 6) is 1.97. The lowest BCUT2D eigenvalue weighted by molar-refractivity contribution is 0.0815. The number of ether oxygens (including phenoxy) is 1. The van der Waals surface area contributed by atoms with E-state index in [2.05, 4.69) is 44.2 Å². The van der Waals surface area contributed by atoms with Crippen LogP contribution in [-0.2, 0) is 5.41 Å². The maximum atomic E-state index is 13.4. The molecule has 0 radical (unpaired) electrons. The Morgan fingerprint density at radius 3 is 2.50 bits per heavy atom. The van der Waals surface area contributed by atoms with Crippen LogP contribution >= 0.6 is 0 Å². The number of methoxy groups -OCH3 is 1. The van der Waals surface area contributed by atoms with Gasteiger partial charge >= 0.3 is 0 Å². The average molecular weight is 290 g/mol. The molecule has 5 rings (SSSR count). The van der Waals surface area contributed by atoms with Gasteiger partial charge in [0.1, 0.15) is 5.75 Å². The average Bonchev–Trinajstić information content (AvgIpc) is 3.13. The number of carbonyl (C=O) groups excluding carboxylic acids is 1. The van der Waals surface area contributed by atoms with Crippen molar-refractivity contribution in [3.8, 4) is 5.75 Å². The molecule has 2 nitrogen and oxygen atoms in total. The van der Waals surface area contributed by atoms with E-state index in [0.717, 1.165) is 11.3 Å². The number of ketones is 1. The van der Waals surface area contributed by atoms with Gasteiger partial charge in [-0.15, -0.1) is 0 Å². The van der Waals surface area contributed by atoms with Crippen molar-refractivity contribution < 1.29 is 9.53 Å². The highest BCUT2D eigenvalue weighted by molar-refractivity contribution is 6.10. The Hall–Kier alpha value is -2.09. The van der Waals surface area contributed by atoms with Crippen molar-refractivity contribution in [2.24, 2.45) is 5.41 Å². The number of fused-ring (bicyclic) bond motifs is 6. The zero-order valence-electron chi connectivity index (χ0n) is 13.0. The Balaban J connectivity index is 1.83. The molecule has 110 valence electrons. The molecule has 0 bridgehead atoms. The molecule has 3 aliphatic carbocycles. The summed E-state index contributed by atoms with van der Waals surface area (Å²) in [7, 11) is 1.65. The highest BCUT2D eigenvalue weighted by Gasteiger charge is 2.79. The lowest BCUT2D eigenvalue weighted by atomic mass is 9.62. The summed E-state index contributed by atoms with van der Waals surface area (Å²) < 4.78 is 5.33. The van der Waals surface area contributed by atoms with E-state index in [1.54, 1.807) is 7.11 Å². The van der Waals surface area contributed by atoms with E-state index in [9.17, 15) is 4.79 Å². The molecule has 1 fully saturated rings. The molecule has 4 unspecified atom stereocenters. The van der Waals surface area contributed by atoms with E-state index >= 15 is 0 Å². The van der Waals surface area contributed by atoms with E-state index in [1.165, 1.54) is 16.7 Å². The first kappa shape index (κ1) is 12.5. The molecule has 0 amide bonds. The number of hydrogen-bond donors (Lipinski definition) is 0. The van der Waals surface area contributed by atoms with Crippen molar-refractivity contribution in [3.05, 3.63) is 64.7 Å². The molecule has 0 N–H and O–H groups in total. The third-order valence-electron chi connectivity index (χ3n) is 6.72. The predicted octanol–water partition coefficient (Wildman–Crippen LogP) is 4.05. The van der Waals surface area contributed by atoms with E-state index < -0.39 is 5.41 Å². The van der Waals surface area contributed by atoms with Gasteiger partial charge in [-0.2, -0.15) is 0 Å². The minimum atomic E-state index is -0.404. The highest BCUT2D eigenvalue weighted by Crippen LogP contribution is 2.84.